The number of halogens is 1. The van der Waals surface area contributed by atoms with E-state index in [1.807, 2.05) is 13.0 Å². The fraction of sp³-hybridized carbons (Fsp3) is 0.188. The summed E-state index contributed by atoms with van der Waals surface area (Å²) in [6.07, 6.45) is 1.59. The number of hydrogen-bond acceptors (Lipinski definition) is 3. The lowest BCUT2D eigenvalue weighted by Gasteiger charge is -2.09. The SMILES string of the molecule is COc1ccc([C@@H](C)N=Cc2ccccc2O)cc1F. The monoisotopic (exact) mass is 273 g/mol. The number of nitrogens with zero attached hydrogens (tertiary/aromatic N) is 1. The summed E-state index contributed by atoms with van der Waals surface area (Å²) in [5, 5.41) is 9.64. The van der Waals surface area contributed by atoms with Crippen molar-refractivity contribution < 1.29 is 14.2 Å². The molecule has 1 atom stereocenters. The third-order valence-corrected chi connectivity index (χ3v) is 3.03. The van der Waals surface area contributed by atoms with Crippen LogP contribution in [0.15, 0.2) is 47.5 Å². The maximum absolute atomic E-state index is 13.6. The third kappa shape index (κ3) is 3.15. The minimum atomic E-state index is -0.408. The van der Waals surface area contributed by atoms with Gasteiger partial charge in [0.25, 0.3) is 0 Å². The summed E-state index contributed by atoms with van der Waals surface area (Å²) in [5.74, 6) is -0.0235. The molecule has 0 radical (unpaired) electrons. The number of rotatable bonds is 4. The van der Waals surface area contributed by atoms with E-state index in [4.69, 9.17) is 4.74 Å². The summed E-state index contributed by atoms with van der Waals surface area (Å²) in [5.41, 5.74) is 1.38. The van der Waals surface area contributed by atoms with Crippen LogP contribution in [0, 0.1) is 5.82 Å². The zero-order chi connectivity index (χ0) is 14.5. The van der Waals surface area contributed by atoms with Crippen molar-refractivity contribution in [2.75, 3.05) is 7.11 Å². The molecule has 4 heteroatoms. The van der Waals surface area contributed by atoms with E-state index in [0.29, 0.717) is 5.56 Å². The first kappa shape index (κ1) is 14.1. The van der Waals surface area contributed by atoms with Gasteiger partial charge in [-0.05, 0) is 36.8 Å². The Morgan fingerprint density at radius 3 is 2.65 bits per heavy atom. The van der Waals surface area contributed by atoms with Gasteiger partial charge in [-0.3, -0.25) is 4.99 Å². The minimum Gasteiger partial charge on any atom is -0.507 e. The molecule has 0 aromatic heterocycles. The molecule has 20 heavy (non-hydrogen) atoms. The van der Waals surface area contributed by atoms with Crippen molar-refractivity contribution in [2.24, 2.45) is 4.99 Å². The standard InChI is InChI=1S/C16H16FNO2/c1-11(12-7-8-16(20-2)14(17)9-12)18-10-13-5-3-4-6-15(13)19/h3-11,19H,1-2H3/t11-/m1/s1. The summed E-state index contributed by atoms with van der Waals surface area (Å²) < 4.78 is 18.5. The highest BCUT2D eigenvalue weighted by Crippen LogP contribution is 2.24. The van der Waals surface area contributed by atoms with Crippen molar-refractivity contribution >= 4 is 6.21 Å². The van der Waals surface area contributed by atoms with Gasteiger partial charge in [-0.25, -0.2) is 4.39 Å². The summed E-state index contributed by atoms with van der Waals surface area (Å²) in [6.45, 7) is 1.86. The Kier molecular flexibility index (Phi) is 4.35. The first-order valence-electron chi connectivity index (χ1n) is 6.26. The molecule has 104 valence electrons. The van der Waals surface area contributed by atoms with Gasteiger partial charge in [0.2, 0.25) is 0 Å². The Morgan fingerprint density at radius 2 is 2.00 bits per heavy atom. The number of methoxy groups -OCH3 is 1. The van der Waals surface area contributed by atoms with Crippen LogP contribution in [0.25, 0.3) is 0 Å². The molecular weight excluding hydrogens is 257 g/mol. The number of aliphatic imine (C=N–C) groups is 1. The van der Waals surface area contributed by atoms with Crippen LogP contribution in [-0.4, -0.2) is 18.4 Å². The van der Waals surface area contributed by atoms with E-state index >= 15 is 0 Å². The van der Waals surface area contributed by atoms with E-state index in [1.54, 1.807) is 36.5 Å². The lowest BCUT2D eigenvalue weighted by molar-refractivity contribution is 0.386. The van der Waals surface area contributed by atoms with Crippen LogP contribution >= 0.6 is 0 Å². The molecule has 2 aromatic rings. The molecule has 0 saturated heterocycles. The van der Waals surface area contributed by atoms with Gasteiger partial charge in [0.1, 0.15) is 5.75 Å². The minimum absolute atomic E-state index is 0.171. The summed E-state index contributed by atoms with van der Waals surface area (Å²) in [6, 6.07) is 11.5. The average molecular weight is 273 g/mol. The molecule has 0 aliphatic heterocycles. The molecule has 0 aliphatic rings. The lowest BCUT2D eigenvalue weighted by Crippen LogP contribution is -1.95. The fourth-order valence-corrected chi connectivity index (χ4v) is 1.82. The Morgan fingerprint density at radius 1 is 1.25 bits per heavy atom. The van der Waals surface area contributed by atoms with E-state index in [1.165, 1.54) is 13.2 Å². The molecule has 2 aromatic carbocycles. The Balaban J connectivity index is 2.18. The van der Waals surface area contributed by atoms with E-state index in [2.05, 4.69) is 4.99 Å². The van der Waals surface area contributed by atoms with Crippen LogP contribution in [0.4, 0.5) is 4.39 Å². The van der Waals surface area contributed by atoms with Gasteiger partial charge < -0.3 is 9.84 Å². The van der Waals surface area contributed by atoms with Gasteiger partial charge >= 0.3 is 0 Å². The van der Waals surface area contributed by atoms with Crippen LogP contribution in [0.2, 0.25) is 0 Å². The van der Waals surface area contributed by atoms with Crippen molar-refractivity contribution in [3.8, 4) is 11.5 Å². The molecule has 0 aliphatic carbocycles. The zero-order valence-electron chi connectivity index (χ0n) is 11.4. The molecule has 0 unspecified atom stereocenters. The fourth-order valence-electron chi connectivity index (χ4n) is 1.82. The number of phenols is 1. The molecule has 0 heterocycles. The Bertz CT molecular complexity index is 626. The Labute approximate surface area is 117 Å². The number of ether oxygens (including phenoxy) is 1. The van der Waals surface area contributed by atoms with Crippen LogP contribution in [0.3, 0.4) is 0 Å². The molecule has 0 fully saturated rings. The van der Waals surface area contributed by atoms with Crippen molar-refractivity contribution in [2.45, 2.75) is 13.0 Å². The van der Waals surface area contributed by atoms with E-state index in [0.717, 1.165) is 5.56 Å². The highest BCUT2D eigenvalue weighted by molar-refractivity contribution is 5.83. The number of benzene rings is 2. The number of hydrogen-bond donors (Lipinski definition) is 1. The number of para-hydroxylation sites is 1. The molecule has 0 bridgehead atoms. The number of aromatic hydroxyl groups is 1. The van der Waals surface area contributed by atoms with E-state index in [-0.39, 0.29) is 17.5 Å². The van der Waals surface area contributed by atoms with Crippen molar-refractivity contribution in [3.05, 3.63) is 59.4 Å². The zero-order valence-corrected chi connectivity index (χ0v) is 11.4. The maximum Gasteiger partial charge on any atom is 0.165 e. The highest BCUT2D eigenvalue weighted by Gasteiger charge is 2.08. The van der Waals surface area contributed by atoms with Crippen molar-refractivity contribution in [1.82, 2.24) is 0 Å². The first-order valence-corrected chi connectivity index (χ1v) is 6.26. The molecule has 0 spiro atoms. The van der Waals surface area contributed by atoms with Crippen LogP contribution in [0.5, 0.6) is 11.5 Å². The van der Waals surface area contributed by atoms with Gasteiger partial charge in [0.05, 0.1) is 13.2 Å². The lowest BCUT2D eigenvalue weighted by atomic mass is 10.1. The van der Waals surface area contributed by atoms with Crippen LogP contribution in [-0.2, 0) is 0 Å². The van der Waals surface area contributed by atoms with Crippen molar-refractivity contribution in [1.29, 1.82) is 0 Å². The summed E-state index contributed by atoms with van der Waals surface area (Å²) in [7, 11) is 1.43. The van der Waals surface area contributed by atoms with Gasteiger partial charge in [0.15, 0.2) is 11.6 Å². The van der Waals surface area contributed by atoms with Gasteiger partial charge in [-0.15, -0.1) is 0 Å². The molecule has 1 N–H and O–H groups in total. The molecule has 0 saturated carbocycles. The molecular formula is C16H16FNO2. The van der Waals surface area contributed by atoms with Gasteiger partial charge in [0, 0.05) is 11.8 Å². The second kappa shape index (κ2) is 6.19. The normalized spacial score (nSPS) is 12.6. The Hall–Kier alpha value is -2.36. The third-order valence-electron chi connectivity index (χ3n) is 3.03. The molecule has 2 rings (SSSR count). The molecule has 0 amide bonds. The first-order chi connectivity index (χ1) is 9.61. The van der Waals surface area contributed by atoms with E-state index in [9.17, 15) is 9.50 Å². The topological polar surface area (TPSA) is 41.8 Å². The van der Waals surface area contributed by atoms with E-state index < -0.39 is 5.82 Å². The molecule has 3 nitrogen and oxygen atoms in total. The largest absolute Gasteiger partial charge is 0.507 e. The van der Waals surface area contributed by atoms with Gasteiger partial charge in [-0.2, -0.15) is 0 Å². The predicted molar refractivity (Wildman–Crippen MR) is 77.1 cm³/mol. The second-order valence-corrected chi connectivity index (χ2v) is 4.41. The quantitative estimate of drug-likeness (QED) is 0.863. The van der Waals surface area contributed by atoms with Gasteiger partial charge in [-0.1, -0.05) is 18.2 Å². The maximum atomic E-state index is 13.6. The van der Waals surface area contributed by atoms with Crippen molar-refractivity contribution in [3.63, 3.8) is 0 Å². The average Bonchev–Trinajstić information content (AvgIpc) is 2.46. The smallest absolute Gasteiger partial charge is 0.165 e. The summed E-state index contributed by atoms with van der Waals surface area (Å²) in [4.78, 5) is 4.33. The highest BCUT2D eigenvalue weighted by atomic mass is 19.1. The predicted octanol–water partition coefficient (Wildman–Crippen LogP) is 3.72. The second-order valence-electron chi connectivity index (χ2n) is 4.41. The van der Waals surface area contributed by atoms with Crippen LogP contribution in [0.1, 0.15) is 24.1 Å². The number of phenolic OH excluding ortho intramolecular Hbond substituents is 1. The van der Waals surface area contributed by atoms with Crippen LogP contribution < -0.4 is 4.74 Å². The summed E-state index contributed by atoms with van der Waals surface area (Å²) >= 11 is 0.